The number of hydrogen-bond acceptors (Lipinski definition) is 4. The molecule has 0 amide bonds. The molecule has 0 N–H and O–H groups in total. The summed E-state index contributed by atoms with van der Waals surface area (Å²) in [6.07, 6.45) is 0. The lowest BCUT2D eigenvalue weighted by Crippen LogP contribution is -3.00. The molecule has 0 aromatic rings. The van der Waals surface area contributed by atoms with Crippen molar-refractivity contribution in [1.29, 1.82) is 0 Å². The topological polar surface area (TPSA) is 66.4 Å². The predicted molar refractivity (Wildman–Crippen MR) is 44.9 cm³/mol. The Hall–Kier alpha value is -0.320. The zero-order valence-corrected chi connectivity index (χ0v) is 10.4. The molecule has 0 fully saturated rings. The Kier molecular flexibility index (Phi) is 38.5. The average molecular weight is 248 g/mol. The molecule has 0 aliphatic rings. The summed E-state index contributed by atoms with van der Waals surface area (Å²) in [6.45, 7) is 6.57. The minimum Gasteiger partial charge on any atom is -1.00 e. The molecule has 0 aromatic heterocycles. The molecule has 0 atom stereocenters. The normalized spacial score (nSPS) is 6.43. The Morgan fingerprint density at radius 1 is 1.29 bits per heavy atom. The first-order chi connectivity index (χ1) is 5.92. The zero-order valence-electron chi connectivity index (χ0n) is 8.83. The van der Waals surface area contributed by atoms with Gasteiger partial charge in [0.25, 0.3) is 0 Å². The van der Waals surface area contributed by atoms with E-state index in [4.69, 9.17) is 5.11 Å². The molecule has 0 aliphatic carbocycles. The van der Waals surface area contributed by atoms with Crippen molar-refractivity contribution in [3.8, 4) is 0 Å². The van der Waals surface area contributed by atoms with E-state index in [9.17, 15) is 9.59 Å². The second-order valence-electron chi connectivity index (χ2n) is 1.70. The number of rotatable bonds is 1. The van der Waals surface area contributed by atoms with E-state index in [-0.39, 0.29) is 30.2 Å². The van der Waals surface area contributed by atoms with Gasteiger partial charge in [0.05, 0.1) is 13.5 Å². The lowest BCUT2D eigenvalue weighted by molar-refractivity contribution is -0.361. The molecule has 0 rings (SSSR count). The zero-order chi connectivity index (χ0) is 11.3. The van der Waals surface area contributed by atoms with Crippen LogP contribution in [0, 0.1) is 11.6 Å². The Morgan fingerprint density at radius 3 is 1.50 bits per heavy atom. The highest BCUT2D eigenvalue weighted by Gasteiger charge is 1.82. The SMILES string of the molecule is CC(=O)[ClH+].CCOC(C)=O.CC[O-].[Cl-]. The summed E-state index contributed by atoms with van der Waals surface area (Å²) in [4.78, 5) is 19.1. The molecular weight excluding hydrogens is 231 g/mol. The average Bonchev–Trinajstić information content (AvgIpc) is 1.86. The van der Waals surface area contributed by atoms with Crippen LogP contribution in [0.4, 0.5) is 0 Å². The first-order valence-corrected chi connectivity index (χ1v) is 4.22. The monoisotopic (exact) mass is 247 g/mol. The van der Waals surface area contributed by atoms with Crippen LogP contribution in [-0.2, 0) is 14.3 Å². The molecule has 4 nitrogen and oxygen atoms in total. The Bertz CT molecular complexity index is 125. The van der Waals surface area contributed by atoms with Crippen LogP contribution in [0.5, 0.6) is 0 Å². The molecular formula is C8H17Cl2O4-. The second-order valence-corrected chi connectivity index (χ2v) is 2.28. The van der Waals surface area contributed by atoms with Crippen molar-refractivity contribution < 1.29 is 43.4 Å². The van der Waals surface area contributed by atoms with Gasteiger partial charge in [0, 0.05) is 6.92 Å². The van der Waals surface area contributed by atoms with Crippen LogP contribution in [0.3, 0.4) is 0 Å². The van der Waals surface area contributed by atoms with Crippen molar-refractivity contribution in [2.45, 2.75) is 27.7 Å². The fraction of sp³-hybridized carbons (Fsp3) is 0.750. The number of carbonyl (C=O) groups is 2. The highest BCUT2D eigenvalue weighted by Crippen LogP contribution is 1.69. The highest BCUT2D eigenvalue weighted by molar-refractivity contribution is 5.65. The molecule has 0 saturated carbocycles. The molecule has 88 valence electrons. The van der Waals surface area contributed by atoms with Crippen molar-refractivity contribution >= 4 is 11.2 Å². The standard InChI is InChI=1S/C4H8O2.C2H4ClO.C2H5O.ClH/c1-3-6-4(2)5;1-2(3)4;1-2-3;/h3H2,1-2H3;3H,1H3;2H2,1H3;1H/q;+1;-1;/p-1. The van der Waals surface area contributed by atoms with E-state index < -0.39 is 0 Å². The summed E-state index contributed by atoms with van der Waals surface area (Å²) in [5.74, 6) is -0.211. The smallest absolute Gasteiger partial charge is 0.396 e. The molecule has 0 saturated heterocycles. The van der Waals surface area contributed by atoms with Gasteiger partial charge in [-0.25, -0.2) is 4.79 Å². The fourth-order valence-electron chi connectivity index (χ4n) is 0.203. The van der Waals surface area contributed by atoms with Crippen molar-refractivity contribution in [3.05, 3.63) is 0 Å². The fourth-order valence-corrected chi connectivity index (χ4v) is 0.203. The van der Waals surface area contributed by atoms with Gasteiger partial charge in [-0.15, -0.1) is 6.61 Å². The largest absolute Gasteiger partial charge is 1.00 e. The summed E-state index contributed by atoms with van der Waals surface area (Å²) in [5.41, 5.74) is 0. The van der Waals surface area contributed by atoms with Crippen LogP contribution in [0.2, 0.25) is 0 Å². The van der Waals surface area contributed by atoms with Gasteiger partial charge in [0.1, 0.15) is 0 Å². The quantitative estimate of drug-likeness (QED) is 0.361. The third kappa shape index (κ3) is 185. The van der Waals surface area contributed by atoms with Gasteiger partial charge < -0.3 is 22.3 Å². The Labute approximate surface area is 96.0 Å². The van der Waals surface area contributed by atoms with E-state index in [0.717, 1.165) is 0 Å². The highest BCUT2D eigenvalue weighted by atomic mass is 35.5. The van der Waals surface area contributed by atoms with E-state index in [2.05, 4.69) is 16.3 Å². The Morgan fingerprint density at radius 2 is 1.50 bits per heavy atom. The van der Waals surface area contributed by atoms with Gasteiger partial charge in [-0.3, -0.25) is 4.79 Å². The summed E-state index contributed by atoms with van der Waals surface area (Å²) in [7, 11) is 0. The third-order valence-electron chi connectivity index (χ3n) is 0.348. The van der Waals surface area contributed by atoms with Crippen LogP contribution in [-0.4, -0.2) is 24.4 Å². The molecule has 0 unspecified atom stereocenters. The molecule has 0 aromatic carbocycles. The van der Waals surface area contributed by atoms with Crippen molar-refractivity contribution in [2.75, 3.05) is 13.2 Å². The first kappa shape index (κ1) is 23.5. The number of carbonyl (C=O) groups excluding carboxylic acids is 2. The lowest BCUT2D eigenvalue weighted by atomic mass is 10.8. The molecule has 0 aliphatic heterocycles. The molecule has 0 radical (unpaired) electrons. The van der Waals surface area contributed by atoms with Gasteiger partial charge in [-0.2, -0.15) is 0 Å². The predicted octanol–water partition coefficient (Wildman–Crippen LogP) is -3.25. The summed E-state index contributed by atoms with van der Waals surface area (Å²) in [6, 6.07) is 0. The Balaban J connectivity index is -0.0000000553. The third-order valence-corrected chi connectivity index (χ3v) is 0.348. The van der Waals surface area contributed by atoms with Crippen LogP contribution < -0.4 is 17.5 Å². The van der Waals surface area contributed by atoms with Crippen LogP contribution in [0.25, 0.3) is 0 Å². The lowest BCUT2D eigenvalue weighted by Gasteiger charge is -1.89. The van der Waals surface area contributed by atoms with Crippen LogP contribution in [0.15, 0.2) is 0 Å². The van der Waals surface area contributed by atoms with Gasteiger partial charge in [0.15, 0.2) is 11.6 Å². The molecule has 6 heteroatoms. The molecule has 0 bridgehead atoms. The number of halogens is 2. The second kappa shape index (κ2) is 23.0. The van der Waals surface area contributed by atoms with E-state index in [0.29, 0.717) is 6.61 Å². The van der Waals surface area contributed by atoms with E-state index in [1.165, 1.54) is 13.8 Å². The van der Waals surface area contributed by atoms with Gasteiger partial charge in [0.2, 0.25) is 0 Å². The number of ether oxygens (including phenoxy) is 1. The van der Waals surface area contributed by atoms with Crippen LogP contribution >= 0.6 is 0 Å². The van der Waals surface area contributed by atoms with Crippen LogP contribution in [0.1, 0.15) is 27.7 Å². The number of hydrogen-bond donors (Lipinski definition) is 0. The maximum atomic E-state index is 9.82. The van der Waals surface area contributed by atoms with Gasteiger partial charge in [-0.05, 0) is 6.92 Å². The first-order valence-electron chi connectivity index (χ1n) is 3.81. The minimum atomic E-state index is -0.250. The minimum absolute atomic E-state index is 0. The van der Waals surface area contributed by atoms with Gasteiger partial charge in [-0.1, -0.05) is 6.92 Å². The van der Waals surface area contributed by atoms with Crippen molar-refractivity contribution in [2.24, 2.45) is 0 Å². The van der Waals surface area contributed by atoms with E-state index >= 15 is 0 Å². The van der Waals surface area contributed by atoms with Crippen molar-refractivity contribution in [1.82, 2.24) is 0 Å². The summed E-state index contributed by atoms with van der Waals surface area (Å²) >= 11 is 3.98. The number of esters is 1. The van der Waals surface area contributed by atoms with E-state index in [1.807, 2.05) is 0 Å². The summed E-state index contributed by atoms with van der Waals surface area (Å²) in [5, 5.41) is 8.68. The maximum absolute atomic E-state index is 9.82. The van der Waals surface area contributed by atoms with Gasteiger partial charge >= 0.3 is 11.2 Å². The van der Waals surface area contributed by atoms with E-state index in [1.54, 1.807) is 13.8 Å². The summed E-state index contributed by atoms with van der Waals surface area (Å²) < 4.78 is 4.40. The molecule has 0 heterocycles. The van der Waals surface area contributed by atoms with Crippen molar-refractivity contribution in [3.63, 3.8) is 0 Å². The molecule has 14 heavy (non-hydrogen) atoms. The maximum Gasteiger partial charge on any atom is 0.396 e. The molecule has 0 spiro atoms.